The Kier molecular flexibility index (Phi) is 3.52. The van der Waals surface area contributed by atoms with Crippen LogP contribution in [0.4, 0.5) is 0 Å². The van der Waals surface area contributed by atoms with Gasteiger partial charge in [-0.15, -0.1) is 0 Å². The van der Waals surface area contributed by atoms with Crippen molar-refractivity contribution >= 4 is 23.0 Å². The Morgan fingerprint density at radius 1 is 1.38 bits per heavy atom. The Bertz CT molecular complexity index is 835. The minimum atomic E-state index is 0.0959. The van der Waals surface area contributed by atoms with Gasteiger partial charge in [-0.3, -0.25) is 4.79 Å². The van der Waals surface area contributed by atoms with Crippen LogP contribution in [0, 0.1) is 24.2 Å². The van der Waals surface area contributed by atoms with Gasteiger partial charge < -0.3 is 4.57 Å². The number of para-hydroxylation sites is 1. The van der Waals surface area contributed by atoms with Crippen molar-refractivity contribution in [1.29, 1.82) is 0 Å². The summed E-state index contributed by atoms with van der Waals surface area (Å²) < 4.78 is 2.16. The summed E-state index contributed by atoms with van der Waals surface area (Å²) in [4.78, 5) is 12.5. The molecule has 2 aliphatic rings. The first-order chi connectivity index (χ1) is 11.5. The molecule has 0 saturated heterocycles. The lowest BCUT2D eigenvalue weighted by Crippen LogP contribution is -2.22. The molecular weight excluding hydrogens is 298 g/mol. The van der Waals surface area contributed by atoms with Gasteiger partial charge in [-0.1, -0.05) is 38.0 Å². The third kappa shape index (κ3) is 2.20. The smallest absolute Gasteiger partial charge is 0.244 e. The van der Waals surface area contributed by atoms with Crippen LogP contribution in [0.3, 0.4) is 0 Å². The maximum atomic E-state index is 12.5. The Morgan fingerprint density at radius 3 is 2.92 bits per heavy atom. The molecule has 2 saturated carbocycles. The van der Waals surface area contributed by atoms with Crippen LogP contribution in [0.25, 0.3) is 10.9 Å². The number of benzene rings is 1. The predicted octanol–water partition coefficient (Wildman–Crippen LogP) is 3.76. The molecule has 2 fully saturated rings. The fraction of sp³-hybridized carbons (Fsp3) is 0.500. The number of nitrogens with zero attached hydrogens (tertiary/aromatic N) is 2. The van der Waals surface area contributed by atoms with E-state index in [1.807, 2.05) is 12.1 Å². The standard InChI is InChI=1S/C20H25N3O/c1-13-15(14-8-4-5-10-17(14)23(13)3)12-21-22-19(24)18-16-9-6-7-11-20(16,18)2/h4-5,8,10,12,16,18H,6-7,9,11H2,1-3H3,(H,22,24)/b21-12-/t16-,18+,20+/m1/s1. The molecule has 0 unspecified atom stereocenters. The van der Waals surface area contributed by atoms with E-state index in [2.05, 4.69) is 48.1 Å². The maximum absolute atomic E-state index is 12.5. The van der Waals surface area contributed by atoms with Gasteiger partial charge in [-0.05, 0) is 37.2 Å². The van der Waals surface area contributed by atoms with Gasteiger partial charge in [0.15, 0.2) is 0 Å². The van der Waals surface area contributed by atoms with E-state index in [-0.39, 0.29) is 17.2 Å². The topological polar surface area (TPSA) is 46.4 Å². The van der Waals surface area contributed by atoms with Gasteiger partial charge in [0, 0.05) is 35.1 Å². The number of nitrogens with one attached hydrogen (secondary N) is 1. The van der Waals surface area contributed by atoms with E-state index in [4.69, 9.17) is 0 Å². The lowest BCUT2D eigenvalue weighted by Gasteiger charge is -2.15. The first kappa shape index (κ1) is 15.4. The monoisotopic (exact) mass is 323 g/mol. The van der Waals surface area contributed by atoms with Crippen LogP contribution in [0.1, 0.15) is 43.9 Å². The molecule has 4 heteroatoms. The van der Waals surface area contributed by atoms with E-state index in [0.29, 0.717) is 5.92 Å². The summed E-state index contributed by atoms with van der Waals surface area (Å²) in [6, 6.07) is 8.28. The van der Waals surface area contributed by atoms with Gasteiger partial charge in [-0.2, -0.15) is 5.10 Å². The van der Waals surface area contributed by atoms with Crippen LogP contribution < -0.4 is 5.43 Å². The van der Waals surface area contributed by atoms with Crippen molar-refractivity contribution in [2.45, 2.75) is 39.5 Å². The van der Waals surface area contributed by atoms with Crippen molar-refractivity contribution in [3.05, 3.63) is 35.5 Å². The third-order valence-corrected chi connectivity index (χ3v) is 6.43. The Labute approximate surface area is 142 Å². The molecule has 2 aromatic rings. The van der Waals surface area contributed by atoms with Gasteiger partial charge in [0.2, 0.25) is 5.91 Å². The highest BCUT2D eigenvalue weighted by atomic mass is 16.2. The average molecular weight is 323 g/mol. The number of carbonyl (C=O) groups is 1. The van der Waals surface area contributed by atoms with E-state index >= 15 is 0 Å². The highest BCUT2D eigenvalue weighted by Gasteiger charge is 2.64. The number of aryl methyl sites for hydroxylation is 1. The zero-order valence-corrected chi connectivity index (χ0v) is 14.7. The van der Waals surface area contributed by atoms with Crippen molar-refractivity contribution in [2.75, 3.05) is 0 Å². The molecule has 0 aliphatic heterocycles. The molecule has 1 heterocycles. The SMILES string of the molecule is Cc1c(/C=N\NC(=O)[C@@H]2[C@H]3CCCC[C@@]32C)c2ccccc2n1C. The van der Waals surface area contributed by atoms with E-state index in [9.17, 15) is 4.79 Å². The first-order valence-electron chi connectivity index (χ1n) is 8.91. The molecule has 0 bridgehead atoms. The minimum Gasteiger partial charge on any atom is -0.347 e. The Balaban J connectivity index is 1.51. The molecule has 0 radical (unpaired) electrons. The summed E-state index contributed by atoms with van der Waals surface area (Å²) in [6.07, 6.45) is 6.70. The molecule has 4 rings (SSSR count). The second-order valence-corrected chi connectivity index (χ2v) is 7.65. The van der Waals surface area contributed by atoms with E-state index in [1.54, 1.807) is 6.21 Å². The average Bonchev–Trinajstić information content (AvgIpc) is 3.15. The first-order valence-corrected chi connectivity index (χ1v) is 8.91. The zero-order valence-electron chi connectivity index (χ0n) is 14.7. The molecule has 1 amide bonds. The lowest BCUT2D eigenvalue weighted by molar-refractivity contribution is -0.123. The number of amides is 1. The van der Waals surface area contributed by atoms with Crippen molar-refractivity contribution in [3.8, 4) is 0 Å². The molecule has 1 aromatic heterocycles. The summed E-state index contributed by atoms with van der Waals surface area (Å²) in [7, 11) is 2.06. The number of carbonyl (C=O) groups excluding carboxylic acids is 1. The molecule has 4 nitrogen and oxygen atoms in total. The highest BCUT2D eigenvalue weighted by Crippen LogP contribution is 2.66. The normalized spacial score (nSPS) is 29.0. The highest BCUT2D eigenvalue weighted by molar-refractivity contribution is 6.01. The van der Waals surface area contributed by atoms with Crippen molar-refractivity contribution in [2.24, 2.45) is 29.4 Å². The van der Waals surface area contributed by atoms with Crippen molar-refractivity contribution in [3.63, 3.8) is 0 Å². The predicted molar refractivity (Wildman–Crippen MR) is 96.9 cm³/mol. The summed E-state index contributed by atoms with van der Waals surface area (Å²) in [5.74, 6) is 0.824. The molecule has 1 N–H and O–H groups in total. The maximum Gasteiger partial charge on any atom is 0.244 e. The zero-order chi connectivity index (χ0) is 16.9. The second-order valence-electron chi connectivity index (χ2n) is 7.65. The fourth-order valence-corrected chi connectivity index (χ4v) is 4.79. The molecule has 1 aromatic carbocycles. The summed E-state index contributed by atoms with van der Waals surface area (Å²) >= 11 is 0. The van der Waals surface area contributed by atoms with Gasteiger partial charge in [0.05, 0.1) is 6.21 Å². The van der Waals surface area contributed by atoms with Crippen LogP contribution in [-0.4, -0.2) is 16.7 Å². The Morgan fingerprint density at radius 2 is 2.17 bits per heavy atom. The third-order valence-electron chi connectivity index (χ3n) is 6.43. The number of aromatic nitrogens is 1. The number of hydrogen-bond acceptors (Lipinski definition) is 2. The number of rotatable bonds is 3. The fourth-order valence-electron chi connectivity index (χ4n) is 4.79. The minimum absolute atomic E-state index is 0.0959. The number of fused-ring (bicyclic) bond motifs is 2. The van der Waals surface area contributed by atoms with Crippen molar-refractivity contribution in [1.82, 2.24) is 9.99 Å². The van der Waals surface area contributed by atoms with Crippen LogP contribution in [0.5, 0.6) is 0 Å². The molecule has 24 heavy (non-hydrogen) atoms. The van der Waals surface area contributed by atoms with Crippen LogP contribution in [-0.2, 0) is 11.8 Å². The van der Waals surface area contributed by atoms with Gasteiger partial charge in [-0.25, -0.2) is 5.43 Å². The van der Waals surface area contributed by atoms with Gasteiger partial charge in [0.1, 0.15) is 0 Å². The van der Waals surface area contributed by atoms with Crippen LogP contribution >= 0.6 is 0 Å². The van der Waals surface area contributed by atoms with E-state index in [1.165, 1.54) is 36.6 Å². The van der Waals surface area contributed by atoms with Crippen LogP contribution in [0.2, 0.25) is 0 Å². The summed E-state index contributed by atoms with van der Waals surface area (Å²) in [6.45, 7) is 4.35. The second kappa shape index (κ2) is 5.47. The molecule has 3 atom stereocenters. The summed E-state index contributed by atoms with van der Waals surface area (Å²) in [5, 5.41) is 5.45. The number of hydrazone groups is 1. The van der Waals surface area contributed by atoms with Crippen LogP contribution in [0.15, 0.2) is 29.4 Å². The van der Waals surface area contributed by atoms with Crippen molar-refractivity contribution < 1.29 is 4.79 Å². The molecule has 0 spiro atoms. The van der Waals surface area contributed by atoms with E-state index in [0.717, 1.165) is 11.3 Å². The number of hydrogen-bond donors (Lipinski definition) is 1. The summed E-state index contributed by atoms with van der Waals surface area (Å²) in [5.41, 5.74) is 6.44. The van der Waals surface area contributed by atoms with Gasteiger partial charge >= 0.3 is 0 Å². The molecular formula is C20H25N3O. The molecule has 2 aliphatic carbocycles. The Hall–Kier alpha value is -2.10. The lowest BCUT2D eigenvalue weighted by atomic mass is 9.90. The van der Waals surface area contributed by atoms with E-state index < -0.39 is 0 Å². The quantitative estimate of drug-likeness (QED) is 0.678. The largest absolute Gasteiger partial charge is 0.347 e. The van der Waals surface area contributed by atoms with Gasteiger partial charge in [0.25, 0.3) is 0 Å². The molecule has 126 valence electrons.